The smallest absolute Gasteiger partial charge is 0.389 e. The highest BCUT2D eigenvalue weighted by Crippen LogP contribution is 2.35. The van der Waals surface area contributed by atoms with Gasteiger partial charge in [-0.1, -0.05) is 29.8 Å². The van der Waals surface area contributed by atoms with Crippen LogP contribution in [-0.2, 0) is 0 Å². The number of aromatic amines is 1. The second kappa shape index (κ2) is 11.0. The largest absolute Gasteiger partial charge is 0.493 e. The van der Waals surface area contributed by atoms with Crippen LogP contribution in [0.25, 0.3) is 22.4 Å². The Hall–Kier alpha value is -3.95. The molecule has 186 valence electrons. The number of benzene rings is 2. The maximum atomic E-state index is 13.0. The van der Waals surface area contributed by atoms with Crippen LogP contribution in [0.1, 0.15) is 30.9 Å². The molecule has 0 aliphatic rings. The average Bonchev–Trinajstić information content (AvgIpc) is 2.81. The van der Waals surface area contributed by atoms with Crippen LogP contribution in [0.4, 0.5) is 13.2 Å². The number of hydrogen-bond donors (Lipinski definition) is 3. The van der Waals surface area contributed by atoms with E-state index in [0.29, 0.717) is 34.9 Å². The minimum atomic E-state index is -4.23. The molecule has 1 heterocycles. The Morgan fingerprint density at radius 1 is 1.06 bits per heavy atom. The van der Waals surface area contributed by atoms with Crippen molar-refractivity contribution < 1.29 is 22.6 Å². The lowest BCUT2D eigenvalue weighted by Crippen LogP contribution is -2.27. The van der Waals surface area contributed by atoms with E-state index >= 15 is 0 Å². The van der Waals surface area contributed by atoms with Gasteiger partial charge in [0.15, 0.2) is 5.84 Å². The number of nitrogens with two attached hydrogens (primary N) is 2. The van der Waals surface area contributed by atoms with E-state index in [1.54, 1.807) is 31.2 Å². The molecule has 0 unspecified atom stereocenters. The van der Waals surface area contributed by atoms with Crippen molar-refractivity contribution in [1.82, 2.24) is 4.98 Å². The van der Waals surface area contributed by atoms with Gasteiger partial charge in [0.2, 0.25) is 0 Å². The van der Waals surface area contributed by atoms with E-state index in [2.05, 4.69) is 10.1 Å². The van der Waals surface area contributed by atoms with Crippen LogP contribution in [-0.4, -0.2) is 30.2 Å². The molecule has 0 saturated carbocycles. The highest BCUT2D eigenvalue weighted by Gasteiger charge is 2.26. The van der Waals surface area contributed by atoms with Crippen molar-refractivity contribution in [2.24, 2.45) is 16.7 Å². The summed E-state index contributed by atoms with van der Waals surface area (Å²) in [6, 6.07) is 14.2. The molecule has 3 rings (SSSR count). The minimum Gasteiger partial charge on any atom is -0.493 e. The van der Waals surface area contributed by atoms with E-state index in [9.17, 15) is 18.0 Å². The van der Waals surface area contributed by atoms with Gasteiger partial charge >= 0.3 is 6.18 Å². The second-order valence-electron chi connectivity index (χ2n) is 7.84. The van der Waals surface area contributed by atoms with Crippen LogP contribution in [0.3, 0.4) is 0 Å². The fourth-order valence-electron chi connectivity index (χ4n) is 3.54. The van der Waals surface area contributed by atoms with Crippen LogP contribution in [0, 0.1) is 6.92 Å². The Balaban J connectivity index is 2.03. The number of nitrogens with zero attached hydrogens (tertiary/aromatic N) is 1. The number of hydrazone groups is 1. The molecule has 0 atom stereocenters. The summed E-state index contributed by atoms with van der Waals surface area (Å²) in [5.74, 6) is 6.01. The number of H-pyrrole nitrogens is 1. The second-order valence-corrected chi connectivity index (χ2v) is 7.84. The minimum absolute atomic E-state index is 0.0920. The molecule has 0 amide bonds. The van der Waals surface area contributed by atoms with Gasteiger partial charge in [-0.15, -0.1) is 0 Å². The van der Waals surface area contributed by atoms with E-state index in [-0.39, 0.29) is 24.4 Å². The Kier molecular flexibility index (Phi) is 8.06. The predicted octanol–water partition coefficient (Wildman–Crippen LogP) is 4.72. The third kappa shape index (κ3) is 6.56. The standard InChI is InChI=1S/C25H27F3N4O3/c1-3-34-21-13-17(35-12-4-11-25(26,27)28)9-10-18(21)20-14-19(16-7-5-15(2)6-8-16)22(23(29)32-30)24(33)31-20/h5-10,13-14H,3-4,11-12,30H2,1-2H3,(H2,29,32)(H,31,33). The van der Waals surface area contributed by atoms with Crippen LogP contribution < -0.4 is 26.6 Å². The highest BCUT2D eigenvalue weighted by molar-refractivity contribution is 6.03. The zero-order valence-electron chi connectivity index (χ0n) is 19.4. The van der Waals surface area contributed by atoms with Crippen molar-refractivity contribution >= 4 is 5.84 Å². The van der Waals surface area contributed by atoms with Crippen molar-refractivity contribution in [3.63, 3.8) is 0 Å². The first-order valence-corrected chi connectivity index (χ1v) is 11.0. The van der Waals surface area contributed by atoms with Gasteiger partial charge in [0, 0.05) is 23.6 Å². The number of nitrogens with one attached hydrogen (secondary N) is 1. The highest BCUT2D eigenvalue weighted by atomic mass is 19.4. The molecule has 0 radical (unpaired) electrons. The zero-order valence-corrected chi connectivity index (χ0v) is 19.4. The average molecular weight is 489 g/mol. The summed E-state index contributed by atoms with van der Waals surface area (Å²) in [6.07, 6.45) is -5.31. The molecule has 0 aliphatic heterocycles. The van der Waals surface area contributed by atoms with Crippen molar-refractivity contribution in [3.8, 4) is 33.9 Å². The lowest BCUT2D eigenvalue weighted by Gasteiger charge is -2.16. The van der Waals surface area contributed by atoms with Crippen LogP contribution in [0.2, 0.25) is 0 Å². The molecule has 10 heteroatoms. The third-order valence-corrected chi connectivity index (χ3v) is 5.21. The quantitative estimate of drug-likeness (QED) is 0.133. The number of aromatic nitrogens is 1. The monoisotopic (exact) mass is 488 g/mol. The summed E-state index contributed by atoms with van der Waals surface area (Å²) in [6.45, 7) is 3.98. The van der Waals surface area contributed by atoms with Gasteiger partial charge in [0.25, 0.3) is 5.56 Å². The summed E-state index contributed by atoms with van der Waals surface area (Å²) in [7, 11) is 0. The number of hydrogen-bond acceptors (Lipinski definition) is 5. The molecule has 1 aromatic heterocycles. The molecule has 0 bridgehead atoms. The van der Waals surface area contributed by atoms with E-state index in [1.807, 2.05) is 31.2 Å². The van der Waals surface area contributed by atoms with Gasteiger partial charge in [-0.05, 0) is 44.0 Å². The molecule has 0 spiro atoms. The molecule has 3 aromatic rings. The van der Waals surface area contributed by atoms with Crippen LogP contribution in [0.15, 0.2) is 58.4 Å². The molecule has 7 nitrogen and oxygen atoms in total. The number of ether oxygens (including phenoxy) is 2. The van der Waals surface area contributed by atoms with Gasteiger partial charge in [0.1, 0.15) is 11.5 Å². The molecule has 2 aromatic carbocycles. The normalized spacial score (nSPS) is 12.0. The van der Waals surface area contributed by atoms with Gasteiger partial charge in [-0.25, -0.2) is 0 Å². The van der Waals surface area contributed by atoms with E-state index in [1.165, 1.54) is 0 Å². The van der Waals surface area contributed by atoms with Gasteiger partial charge < -0.3 is 26.0 Å². The lowest BCUT2D eigenvalue weighted by molar-refractivity contribution is -0.136. The lowest BCUT2D eigenvalue weighted by atomic mass is 9.97. The molecule has 5 N–H and O–H groups in total. The van der Waals surface area contributed by atoms with Crippen molar-refractivity contribution in [1.29, 1.82) is 0 Å². The maximum Gasteiger partial charge on any atom is 0.389 e. The fraction of sp³-hybridized carbons (Fsp3) is 0.280. The molecular weight excluding hydrogens is 461 g/mol. The number of halogens is 3. The van der Waals surface area contributed by atoms with Crippen molar-refractivity contribution in [2.75, 3.05) is 13.2 Å². The Bertz CT molecular complexity index is 1250. The summed E-state index contributed by atoms with van der Waals surface area (Å²) < 4.78 is 48.3. The third-order valence-electron chi connectivity index (χ3n) is 5.21. The fourth-order valence-corrected chi connectivity index (χ4v) is 3.54. The van der Waals surface area contributed by atoms with E-state index in [0.717, 1.165) is 11.1 Å². The van der Waals surface area contributed by atoms with Gasteiger partial charge in [0.05, 0.1) is 24.5 Å². The summed E-state index contributed by atoms with van der Waals surface area (Å²) in [4.78, 5) is 15.8. The Labute approximate surface area is 200 Å². The number of pyridine rings is 1. The first-order valence-electron chi connectivity index (χ1n) is 11.0. The number of rotatable bonds is 9. The number of aryl methyl sites for hydroxylation is 1. The van der Waals surface area contributed by atoms with Crippen LogP contribution >= 0.6 is 0 Å². The molecule has 0 fully saturated rings. The SMILES string of the molecule is CCOc1cc(OCCCC(F)(F)F)ccc1-c1cc(-c2ccc(C)cc2)c(/C(N)=N/N)c(=O)[nH]1. The zero-order chi connectivity index (χ0) is 25.6. The first kappa shape index (κ1) is 25.7. The number of alkyl halides is 3. The topological polar surface area (TPSA) is 116 Å². The summed E-state index contributed by atoms with van der Waals surface area (Å²) in [5.41, 5.74) is 8.92. The summed E-state index contributed by atoms with van der Waals surface area (Å²) in [5, 5.41) is 3.50. The number of amidine groups is 1. The van der Waals surface area contributed by atoms with Gasteiger partial charge in [-0.2, -0.15) is 18.3 Å². The molecule has 0 saturated heterocycles. The van der Waals surface area contributed by atoms with Crippen molar-refractivity contribution in [2.45, 2.75) is 32.9 Å². The van der Waals surface area contributed by atoms with Crippen molar-refractivity contribution in [3.05, 3.63) is 70.0 Å². The molecule has 35 heavy (non-hydrogen) atoms. The van der Waals surface area contributed by atoms with Gasteiger partial charge in [-0.3, -0.25) is 4.79 Å². The predicted molar refractivity (Wildman–Crippen MR) is 130 cm³/mol. The molecular formula is C25H27F3N4O3. The van der Waals surface area contributed by atoms with E-state index < -0.39 is 18.2 Å². The van der Waals surface area contributed by atoms with Crippen LogP contribution in [0.5, 0.6) is 11.5 Å². The van der Waals surface area contributed by atoms with E-state index in [4.69, 9.17) is 21.1 Å². The summed E-state index contributed by atoms with van der Waals surface area (Å²) >= 11 is 0. The molecule has 0 aliphatic carbocycles. The maximum absolute atomic E-state index is 13.0. The first-order chi connectivity index (χ1) is 16.6. The Morgan fingerprint density at radius 3 is 2.40 bits per heavy atom. The Morgan fingerprint density at radius 2 is 1.77 bits per heavy atom.